The van der Waals surface area contributed by atoms with E-state index < -0.39 is 8.80 Å². The molecule has 4 N–H and O–H groups in total. The van der Waals surface area contributed by atoms with E-state index in [0.29, 0.717) is 5.20 Å². The molecule has 0 aromatic rings. The van der Waals surface area contributed by atoms with E-state index in [-0.39, 0.29) is 5.82 Å². The third kappa shape index (κ3) is 1.98. The summed E-state index contributed by atoms with van der Waals surface area (Å²) in [5.41, 5.74) is 10.8. The summed E-state index contributed by atoms with van der Waals surface area (Å²) < 4.78 is 15.4. The van der Waals surface area contributed by atoms with E-state index in [1.165, 1.54) is 21.3 Å². The molecule has 0 atom stereocenters. The van der Waals surface area contributed by atoms with E-state index in [9.17, 15) is 0 Å². The Bertz CT molecular complexity index is 167. The Hall–Kier alpha value is -0.563. The molecule has 0 aromatic heterocycles. The van der Waals surface area contributed by atoms with Crippen LogP contribution in [-0.2, 0) is 13.3 Å². The predicted octanol–water partition coefficient (Wildman–Crippen LogP) is -0.447. The van der Waals surface area contributed by atoms with Crippen LogP contribution in [0.3, 0.4) is 0 Å². The largest absolute Gasteiger partial charge is 0.535 e. The van der Waals surface area contributed by atoms with Gasteiger partial charge in [-0.1, -0.05) is 0 Å². The lowest BCUT2D eigenvalue weighted by Crippen LogP contribution is -2.46. The maximum Gasteiger partial charge on any atom is 0.535 e. The van der Waals surface area contributed by atoms with Crippen LogP contribution >= 0.6 is 0 Å². The highest BCUT2D eigenvalue weighted by atomic mass is 28.4. The number of hydrogen-bond donors (Lipinski definition) is 2. The summed E-state index contributed by atoms with van der Waals surface area (Å²) in [7, 11) is 1.76. The van der Waals surface area contributed by atoms with Crippen molar-refractivity contribution in [2.75, 3.05) is 21.3 Å². The van der Waals surface area contributed by atoms with Gasteiger partial charge >= 0.3 is 8.80 Å². The van der Waals surface area contributed by atoms with Gasteiger partial charge < -0.3 is 24.7 Å². The maximum atomic E-state index is 5.40. The standard InChI is InChI=1S/C6H16N2O3Si/c1-5(6(7)8)12(9-2,10-3)11-4/h7-8H2,1-4H3. The topological polar surface area (TPSA) is 79.7 Å². The number of nitrogens with two attached hydrogens (primary N) is 2. The van der Waals surface area contributed by atoms with Gasteiger partial charge in [0, 0.05) is 26.5 Å². The summed E-state index contributed by atoms with van der Waals surface area (Å²) in [6, 6.07) is 0. The molecule has 0 saturated carbocycles. The summed E-state index contributed by atoms with van der Waals surface area (Å²) >= 11 is 0. The molecule has 0 rings (SSSR count). The van der Waals surface area contributed by atoms with Gasteiger partial charge in [0.2, 0.25) is 0 Å². The van der Waals surface area contributed by atoms with E-state index in [1.54, 1.807) is 6.92 Å². The monoisotopic (exact) mass is 192 g/mol. The van der Waals surface area contributed by atoms with E-state index in [4.69, 9.17) is 24.7 Å². The molecule has 0 unspecified atom stereocenters. The minimum Gasteiger partial charge on any atom is -0.386 e. The van der Waals surface area contributed by atoms with E-state index in [0.717, 1.165) is 0 Å². The van der Waals surface area contributed by atoms with Gasteiger partial charge in [0.15, 0.2) is 0 Å². The second-order valence-electron chi connectivity index (χ2n) is 2.25. The lowest BCUT2D eigenvalue weighted by Gasteiger charge is -2.25. The van der Waals surface area contributed by atoms with E-state index in [2.05, 4.69) is 0 Å². The average molecular weight is 192 g/mol. The Morgan fingerprint density at radius 3 is 1.42 bits per heavy atom. The van der Waals surface area contributed by atoms with Crippen molar-refractivity contribution in [1.82, 2.24) is 0 Å². The van der Waals surface area contributed by atoms with E-state index in [1.807, 2.05) is 0 Å². The van der Waals surface area contributed by atoms with Crippen molar-refractivity contribution >= 4 is 8.80 Å². The van der Waals surface area contributed by atoms with Crippen LogP contribution in [-0.4, -0.2) is 30.1 Å². The Morgan fingerprint density at radius 1 is 1.00 bits per heavy atom. The van der Waals surface area contributed by atoms with Crippen LogP contribution in [0.5, 0.6) is 0 Å². The van der Waals surface area contributed by atoms with Gasteiger partial charge in [0.1, 0.15) is 0 Å². The van der Waals surface area contributed by atoms with Crippen molar-refractivity contribution in [3.8, 4) is 0 Å². The smallest absolute Gasteiger partial charge is 0.386 e. The fourth-order valence-electron chi connectivity index (χ4n) is 0.886. The van der Waals surface area contributed by atoms with Crippen molar-refractivity contribution in [3.05, 3.63) is 11.0 Å². The third-order valence-corrected chi connectivity index (χ3v) is 4.52. The zero-order chi connectivity index (χ0) is 9.78. The van der Waals surface area contributed by atoms with Crippen LogP contribution in [0.2, 0.25) is 0 Å². The third-order valence-electron chi connectivity index (χ3n) is 1.70. The number of hydrogen-bond acceptors (Lipinski definition) is 5. The second-order valence-corrected chi connectivity index (χ2v) is 5.34. The highest BCUT2D eigenvalue weighted by Gasteiger charge is 2.41. The van der Waals surface area contributed by atoms with Crippen LogP contribution < -0.4 is 11.5 Å². The van der Waals surface area contributed by atoms with Gasteiger partial charge in [-0.05, 0) is 6.92 Å². The van der Waals surface area contributed by atoms with Crippen LogP contribution in [0.1, 0.15) is 6.92 Å². The predicted molar refractivity (Wildman–Crippen MR) is 47.9 cm³/mol. The molecule has 0 spiro atoms. The minimum atomic E-state index is -2.75. The summed E-state index contributed by atoms with van der Waals surface area (Å²) in [4.78, 5) is 0. The lowest BCUT2D eigenvalue weighted by atomic mass is 10.6. The van der Waals surface area contributed by atoms with Gasteiger partial charge in [-0.25, -0.2) is 0 Å². The zero-order valence-corrected chi connectivity index (χ0v) is 8.88. The van der Waals surface area contributed by atoms with Crippen molar-refractivity contribution < 1.29 is 13.3 Å². The van der Waals surface area contributed by atoms with Gasteiger partial charge in [0.05, 0.1) is 5.82 Å². The molecular weight excluding hydrogens is 176 g/mol. The summed E-state index contributed by atoms with van der Waals surface area (Å²) in [5.74, 6) is 0.187. The molecule has 12 heavy (non-hydrogen) atoms. The molecule has 6 heteroatoms. The molecule has 0 fully saturated rings. The first-order valence-corrected chi connectivity index (χ1v) is 5.14. The molecule has 0 saturated heterocycles. The Balaban J connectivity index is 4.84. The fourth-order valence-corrected chi connectivity index (χ4v) is 2.66. The molecule has 0 amide bonds. The van der Waals surface area contributed by atoms with Crippen molar-refractivity contribution in [2.24, 2.45) is 11.5 Å². The van der Waals surface area contributed by atoms with Crippen molar-refractivity contribution in [2.45, 2.75) is 6.92 Å². The molecule has 0 radical (unpaired) electrons. The maximum absolute atomic E-state index is 5.40. The average Bonchev–Trinajstić information content (AvgIpc) is 2.08. The zero-order valence-electron chi connectivity index (χ0n) is 7.88. The van der Waals surface area contributed by atoms with Crippen molar-refractivity contribution in [1.29, 1.82) is 0 Å². The number of allylic oxidation sites excluding steroid dienone is 1. The minimum absolute atomic E-state index is 0.187. The molecule has 5 nitrogen and oxygen atoms in total. The van der Waals surface area contributed by atoms with Crippen LogP contribution in [0.4, 0.5) is 0 Å². The summed E-state index contributed by atoms with van der Waals surface area (Å²) in [6.07, 6.45) is 0. The Labute approximate surface area is 73.6 Å². The van der Waals surface area contributed by atoms with Crippen LogP contribution in [0.15, 0.2) is 11.0 Å². The molecule has 0 heterocycles. The molecule has 0 aliphatic carbocycles. The van der Waals surface area contributed by atoms with Gasteiger partial charge in [-0.2, -0.15) is 0 Å². The van der Waals surface area contributed by atoms with E-state index >= 15 is 0 Å². The van der Waals surface area contributed by atoms with Crippen LogP contribution in [0.25, 0.3) is 0 Å². The fraction of sp³-hybridized carbons (Fsp3) is 0.667. The highest BCUT2D eigenvalue weighted by Crippen LogP contribution is 2.16. The first kappa shape index (κ1) is 11.4. The normalized spacial score (nSPS) is 11.3. The first-order valence-electron chi connectivity index (χ1n) is 3.41. The second kappa shape index (κ2) is 4.46. The molecule has 72 valence electrons. The highest BCUT2D eigenvalue weighted by molar-refractivity contribution is 6.68. The molecular formula is C6H16N2O3Si. The number of rotatable bonds is 4. The SMILES string of the molecule is CO[Si](OC)(OC)C(C)=C(N)N. The van der Waals surface area contributed by atoms with Gasteiger partial charge in [0.25, 0.3) is 0 Å². The van der Waals surface area contributed by atoms with Gasteiger partial charge in [-0.3, -0.25) is 0 Å². The van der Waals surface area contributed by atoms with Crippen molar-refractivity contribution in [3.63, 3.8) is 0 Å². The van der Waals surface area contributed by atoms with Crippen LogP contribution in [0, 0.1) is 0 Å². The lowest BCUT2D eigenvalue weighted by molar-refractivity contribution is 0.134. The quantitative estimate of drug-likeness (QED) is 0.590. The Kier molecular flexibility index (Phi) is 4.25. The molecule has 0 bridgehead atoms. The summed E-state index contributed by atoms with van der Waals surface area (Å²) in [6.45, 7) is 1.73. The molecule has 0 aliphatic rings. The Morgan fingerprint density at radius 2 is 1.33 bits per heavy atom. The first-order chi connectivity index (χ1) is 5.54. The molecule has 0 aromatic carbocycles. The van der Waals surface area contributed by atoms with Gasteiger partial charge in [-0.15, -0.1) is 0 Å². The summed E-state index contributed by atoms with van der Waals surface area (Å²) in [5, 5.41) is 0.634. The molecule has 0 aliphatic heterocycles.